The summed E-state index contributed by atoms with van der Waals surface area (Å²) in [4.78, 5) is 24.3. The van der Waals surface area contributed by atoms with Gasteiger partial charge < -0.3 is 10.1 Å². The minimum Gasteiger partial charge on any atom is -0.479 e. The second-order valence-corrected chi connectivity index (χ2v) is 7.26. The van der Waals surface area contributed by atoms with Crippen LogP contribution in [0.1, 0.15) is 6.92 Å². The third-order valence-corrected chi connectivity index (χ3v) is 4.73. The van der Waals surface area contributed by atoms with Crippen molar-refractivity contribution in [2.75, 3.05) is 6.54 Å². The summed E-state index contributed by atoms with van der Waals surface area (Å²) in [5, 5.41) is 7.73. The lowest BCUT2D eigenvalue weighted by Crippen LogP contribution is -2.39. The number of nitrogens with one attached hydrogen (secondary N) is 1. The van der Waals surface area contributed by atoms with Crippen LogP contribution < -0.4 is 15.6 Å². The summed E-state index contributed by atoms with van der Waals surface area (Å²) in [5.74, 6) is -0.386. The first kappa shape index (κ1) is 21.8. The Kier molecular flexibility index (Phi) is 7.07. The van der Waals surface area contributed by atoms with E-state index in [0.29, 0.717) is 27.1 Å². The van der Waals surface area contributed by atoms with E-state index < -0.39 is 6.10 Å². The number of carbonyl (C=O) groups is 1. The van der Waals surface area contributed by atoms with E-state index in [-0.39, 0.29) is 30.4 Å². The van der Waals surface area contributed by atoms with Crippen molar-refractivity contribution < 1.29 is 13.9 Å². The minimum atomic E-state index is -0.807. The molecule has 0 saturated heterocycles. The Balaban J connectivity index is 1.59. The molecule has 9 heteroatoms. The number of rotatable bonds is 7. The second-order valence-electron chi connectivity index (χ2n) is 6.41. The molecular weight excluding hydrogens is 432 g/mol. The molecule has 1 aromatic heterocycles. The Hall–Kier alpha value is -2.90. The van der Waals surface area contributed by atoms with Gasteiger partial charge in [-0.3, -0.25) is 9.59 Å². The third kappa shape index (κ3) is 5.58. The molecule has 0 saturated carbocycles. The molecule has 0 bridgehead atoms. The molecule has 1 unspecified atom stereocenters. The summed E-state index contributed by atoms with van der Waals surface area (Å²) in [7, 11) is 0. The van der Waals surface area contributed by atoms with Crippen molar-refractivity contribution in [3.8, 4) is 17.0 Å². The van der Waals surface area contributed by atoms with Gasteiger partial charge in [-0.15, -0.1) is 0 Å². The highest BCUT2D eigenvalue weighted by molar-refractivity contribution is 6.35. The fourth-order valence-corrected chi connectivity index (χ4v) is 3.08. The van der Waals surface area contributed by atoms with Crippen molar-refractivity contribution in [3.05, 3.63) is 80.8 Å². The number of halogens is 3. The summed E-state index contributed by atoms with van der Waals surface area (Å²) in [5.41, 5.74) is 0.887. The highest BCUT2D eigenvalue weighted by Crippen LogP contribution is 2.28. The van der Waals surface area contributed by atoms with E-state index in [1.54, 1.807) is 37.3 Å². The number of aromatic nitrogens is 2. The van der Waals surface area contributed by atoms with Crippen LogP contribution in [0.5, 0.6) is 5.75 Å². The topological polar surface area (TPSA) is 73.2 Å². The second kappa shape index (κ2) is 9.73. The van der Waals surface area contributed by atoms with Crippen LogP contribution in [0, 0.1) is 5.82 Å². The molecule has 3 aromatic rings. The molecule has 0 aliphatic carbocycles. The van der Waals surface area contributed by atoms with Crippen molar-refractivity contribution in [3.63, 3.8) is 0 Å². The molecular formula is C21H18Cl2FN3O3. The maximum Gasteiger partial charge on any atom is 0.266 e. The first-order chi connectivity index (χ1) is 14.3. The molecule has 1 atom stereocenters. The van der Waals surface area contributed by atoms with E-state index in [9.17, 15) is 14.0 Å². The van der Waals surface area contributed by atoms with Crippen molar-refractivity contribution >= 4 is 29.1 Å². The highest BCUT2D eigenvalue weighted by Gasteiger charge is 2.16. The Morgan fingerprint density at radius 1 is 1.17 bits per heavy atom. The fourth-order valence-electron chi connectivity index (χ4n) is 2.63. The van der Waals surface area contributed by atoms with Gasteiger partial charge in [0.05, 0.1) is 17.3 Å². The van der Waals surface area contributed by atoms with Gasteiger partial charge in [-0.2, -0.15) is 5.10 Å². The lowest BCUT2D eigenvalue weighted by atomic mass is 10.1. The average molecular weight is 450 g/mol. The van der Waals surface area contributed by atoms with Crippen molar-refractivity contribution in [2.24, 2.45) is 0 Å². The number of hydrogen-bond acceptors (Lipinski definition) is 4. The zero-order chi connectivity index (χ0) is 21.7. The summed E-state index contributed by atoms with van der Waals surface area (Å²) < 4.78 is 19.9. The summed E-state index contributed by atoms with van der Waals surface area (Å²) in [6.07, 6.45) is -0.807. The monoisotopic (exact) mass is 449 g/mol. The first-order valence-electron chi connectivity index (χ1n) is 9.07. The van der Waals surface area contributed by atoms with Crippen LogP contribution in [-0.4, -0.2) is 28.3 Å². The van der Waals surface area contributed by atoms with Gasteiger partial charge in [0.2, 0.25) is 0 Å². The Morgan fingerprint density at radius 3 is 2.60 bits per heavy atom. The number of nitrogens with zero attached hydrogens (tertiary/aromatic N) is 2. The first-order valence-corrected chi connectivity index (χ1v) is 9.82. The number of hydrogen-bond donors (Lipinski definition) is 1. The molecule has 156 valence electrons. The summed E-state index contributed by atoms with van der Waals surface area (Å²) in [6.45, 7) is 1.91. The normalized spacial score (nSPS) is 11.7. The summed E-state index contributed by atoms with van der Waals surface area (Å²) >= 11 is 11.9. The van der Waals surface area contributed by atoms with E-state index in [0.717, 1.165) is 0 Å². The smallest absolute Gasteiger partial charge is 0.266 e. The molecule has 30 heavy (non-hydrogen) atoms. The highest BCUT2D eigenvalue weighted by atomic mass is 35.5. The largest absolute Gasteiger partial charge is 0.479 e. The minimum absolute atomic E-state index is 0.161. The van der Waals surface area contributed by atoms with Gasteiger partial charge in [0, 0.05) is 23.2 Å². The van der Waals surface area contributed by atoms with Gasteiger partial charge in [0.25, 0.3) is 11.5 Å². The molecule has 0 spiro atoms. The van der Waals surface area contributed by atoms with Crippen molar-refractivity contribution in [1.29, 1.82) is 0 Å². The molecule has 0 radical (unpaired) electrons. The zero-order valence-electron chi connectivity index (χ0n) is 15.9. The van der Waals surface area contributed by atoms with Gasteiger partial charge in [-0.25, -0.2) is 9.07 Å². The van der Waals surface area contributed by atoms with Gasteiger partial charge >= 0.3 is 0 Å². The van der Waals surface area contributed by atoms with Crippen LogP contribution in [0.4, 0.5) is 4.39 Å². The SMILES string of the molecule is CC(Oc1ccc(Cl)cc1Cl)C(=O)NCCn1nc(-c2ccc(F)cc2)ccc1=O. The Morgan fingerprint density at radius 2 is 1.90 bits per heavy atom. The van der Waals surface area contributed by atoms with Crippen LogP contribution in [0.15, 0.2) is 59.4 Å². The standard InChI is InChI=1S/C21H18Cl2FN3O3/c1-13(30-19-8-4-15(22)12-17(19)23)21(29)25-10-11-27-20(28)9-7-18(26-27)14-2-5-16(24)6-3-14/h2-9,12-13H,10-11H2,1H3,(H,25,29). The fraction of sp³-hybridized carbons (Fsp3) is 0.190. The van der Waals surface area contributed by atoms with Crippen LogP contribution >= 0.6 is 23.2 Å². The molecule has 0 aliphatic rings. The zero-order valence-corrected chi connectivity index (χ0v) is 17.5. The van der Waals surface area contributed by atoms with Gasteiger partial charge in [0.15, 0.2) is 6.10 Å². The van der Waals surface area contributed by atoms with Gasteiger partial charge in [-0.1, -0.05) is 23.2 Å². The predicted octanol–water partition coefficient (Wildman–Crippen LogP) is 3.94. The predicted molar refractivity (Wildman–Crippen MR) is 113 cm³/mol. The number of amides is 1. The quantitative estimate of drug-likeness (QED) is 0.592. The van der Waals surface area contributed by atoms with E-state index in [2.05, 4.69) is 10.4 Å². The molecule has 2 aromatic carbocycles. The molecule has 6 nitrogen and oxygen atoms in total. The number of ether oxygens (including phenoxy) is 1. The Labute approximate surface area is 182 Å². The van der Waals surface area contributed by atoms with E-state index in [1.807, 2.05) is 0 Å². The number of benzene rings is 2. The lowest BCUT2D eigenvalue weighted by molar-refractivity contribution is -0.127. The molecule has 1 amide bonds. The van der Waals surface area contributed by atoms with Crippen LogP contribution in [0.3, 0.4) is 0 Å². The molecule has 3 rings (SSSR count). The van der Waals surface area contributed by atoms with E-state index in [4.69, 9.17) is 27.9 Å². The Bertz CT molecular complexity index is 1100. The van der Waals surface area contributed by atoms with Crippen LogP contribution in [-0.2, 0) is 11.3 Å². The van der Waals surface area contributed by atoms with Crippen LogP contribution in [0.2, 0.25) is 10.0 Å². The lowest BCUT2D eigenvalue weighted by Gasteiger charge is -2.16. The molecule has 0 fully saturated rings. The van der Waals surface area contributed by atoms with Crippen molar-refractivity contribution in [1.82, 2.24) is 15.1 Å². The van der Waals surface area contributed by atoms with E-state index in [1.165, 1.54) is 28.9 Å². The molecule has 0 aliphatic heterocycles. The van der Waals surface area contributed by atoms with E-state index >= 15 is 0 Å². The maximum atomic E-state index is 13.1. The molecule has 1 heterocycles. The average Bonchev–Trinajstić information content (AvgIpc) is 2.72. The summed E-state index contributed by atoms with van der Waals surface area (Å²) in [6, 6.07) is 13.5. The third-order valence-electron chi connectivity index (χ3n) is 4.20. The maximum absolute atomic E-state index is 13.1. The van der Waals surface area contributed by atoms with Gasteiger partial charge in [0.1, 0.15) is 11.6 Å². The van der Waals surface area contributed by atoms with Crippen LogP contribution in [0.25, 0.3) is 11.3 Å². The van der Waals surface area contributed by atoms with Crippen molar-refractivity contribution in [2.45, 2.75) is 19.6 Å². The van der Waals surface area contributed by atoms with Gasteiger partial charge in [-0.05, 0) is 55.5 Å². The number of carbonyl (C=O) groups excluding carboxylic acids is 1. The molecule has 1 N–H and O–H groups in total.